The first-order valence-electron chi connectivity index (χ1n) is 11.3. The zero-order valence-electron chi connectivity index (χ0n) is 19.5. The third-order valence-corrected chi connectivity index (χ3v) is 6.18. The first kappa shape index (κ1) is 23.3. The van der Waals surface area contributed by atoms with Gasteiger partial charge in [-0.15, -0.1) is 0 Å². The molecule has 1 aliphatic heterocycles. The predicted octanol–water partition coefficient (Wildman–Crippen LogP) is 6.11. The molecular weight excluding hydrogens is 476 g/mol. The number of halogens is 1. The number of amides is 2. The van der Waals surface area contributed by atoms with Gasteiger partial charge in [0.1, 0.15) is 16.5 Å². The minimum atomic E-state index is -0.593. The van der Waals surface area contributed by atoms with Crippen molar-refractivity contribution in [3.63, 3.8) is 0 Å². The van der Waals surface area contributed by atoms with E-state index >= 15 is 0 Å². The number of imide groups is 1. The summed E-state index contributed by atoms with van der Waals surface area (Å²) in [5, 5.41) is 4.54. The highest BCUT2D eigenvalue weighted by molar-refractivity contribution is 6.53. The lowest BCUT2D eigenvalue weighted by Gasteiger charge is -2.16. The SMILES string of the molecule is Cc1cc(C)cc(N2C(=O)C(Cl)=C(Nc3ccc(C(=O)Oc4cccc5ccccc45)cc3)C2=O)c1. The Kier molecular flexibility index (Phi) is 6.04. The van der Waals surface area contributed by atoms with Crippen molar-refractivity contribution in [3.05, 3.63) is 112 Å². The van der Waals surface area contributed by atoms with Crippen LogP contribution in [0.2, 0.25) is 0 Å². The Labute approximate surface area is 212 Å². The summed E-state index contributed by atoms with van der Waals surface area (Å²) < 4.78 is 5.62. The monoisotopic (exact) mass is 496 g/mol. The van der Waals surface area contributed by atoms with Gasteiger partial charge in [0.05, 0.1) is 11.3 Å². The molecule has 0 saturated heterocycles. The number of ether oxygens (including phenoxy) is 1. The van der Waals surface area contributed by atoms with Gasteiger partial charge in [-0.2, -0.15) is 0 Å². The number of hydrogen-bond acceptors (Lipinski definition) is 5. The van der Waals surface area contributed by atoms with Gasteiger partial charge in [0, 0.05) is 11.1 Å². The van der Waals surface area contributed by atoms with Crippen LogP contribution in [0.5, 0.6) is 5.75 Å². The molecule has 5 rings (SSSR count). The molecule has 0 radical (unpaired) electrons. The number of carbonyl (C=O) groups excluding carboxylic acids is 3. The number of esters is 1. The van der Waals surface area contributed by atoms with Crippen LogP contribution in [-0.2, 0) is 9.59 Å². The molecule has 6 nitrogen and oxygen atoms in total. The van der Waals surface area contributed by atoms with E-state index in [1.807, 2.05) is 56.3 Å². The number of hydrogen-bond donors (Lipinski definition) is 1. The van der Waals surface area contributed by atoms with E-state index in [0.717, 1.165) is 26.8 Å². The largest absolute Gasteiger partial charge is 0.422 e. The van der Waals surface area contributed by atoms with E-state index < -0.39 is 17.8 Å². The number of fused-ring (bicyclic) bond motifs is 1. The topological polar surface area (TPSA) is 75.7 Å². The van der Waals surface area contributed by atoms with E-state index in [2.05, 4.69) is 5.32 Å². The Morgan fingerprint density at radius 3 is 2.22 bits per heavy atom. The first-order valence-corrected chi connectivity index (χ1v) is 11.6. The van der Waals surface area contributed by atoms with Crippen LogP contribution >= 0.6 is 11.6 Å². The van der Waals surface area contributed by atoms with Crippen LogP contribution in [0, 0.1) is 13.8 Å². The molecule has 0 aliphatic carbocycles. The number of carbonyl (C=O) groups is 3. The van der Waals surface area contributed by atoms with Crippen molar-refractivity contribution in [3.8, 4) is 5.75 Å². The molecule has 1 N–H and O–H groups in total. The number of nitrogens with one attached hydrogen (secondary N) is 1. The molecule has 0 saturated carbocycles. The maximum absolute atomic E-state index is 13.1. The Bertz CT molecular complexity index is 1550. The van der Waals surface area contributed by atoms with E-state index in [1.165, 1.54) is 0 Å². The van der Waals surface area contributed by atoms with E-state index in [1.54, 1.807) is 42.5 Å². The fourth-order valence-electron chi connectivity index (χ4n) is 4.20. The third-order valence-electron chi connectivity index (χ3n) is 5.83. The van der Waals surface area contributed by atoms with Crippen LogP contribution in [0.3, 0.4) is 0 Å². The van der Waals surface area contributed by atoms with Crippen LogP contribution in [-0.4, -0.2) is 17.8 Å². The maximum atomic E-state index is 13.1. The molecule has 0 aromatic heterocycles. The molecule has 0 bridgehead atoms. The van der Waals surface area contributed by atoms with Gasteiger partial charge in [-0.05, 0) is 72.8 Å². The third kappa shape index (κ3) is 4.34. The lowest BCUT2D eigenvalue weighted by molar-refractivity contribution is -0.120. The first-order chi connectivity index (χ1) is 17.3. The molecule has 36 heavy (non-hydrogen) atoms. The highest BCUT2D eigenvalue weighted by Gasteiger charge is 2.39. The normalized spacial score (nSPS) is 13.5. The Balaban J connectivity index is 1.33. The summed E-state index contributed by atoms with van der Waals surface area (Å²) in [5.74, 6) is -1.18. The Hall–Kier alpha value is -4.42. The highest BCUT2D eigenvalue weighted by Crippen LogP contribution is 2.31. The van der Waals surface area contributed by atoms with E-state index in [0.29, 0.717) is 22.7 Å². The van der Waals surface area contributed by atoms with Gasteiger partial charge in [0.2, 0.25) is 0 Å². The molecule has 1 heterocycles. The molecule has 178 valence electrons. The molecule has 1 aliphatic rings. The van der Waals surface area contributed by atoms with Crippen molar-refractivity contribution in [2.75, 3.05) is 10.2 Å². The van der Waals surface area contributed by atoms with Crippen molar-refractivity contribution in [2.24, 2.45) is 0 Å². The van der Waals surface area contributed by atoms with Gasteiger partial charge in [0.25, 0.3) is 11.8 Å². The standard InChI is InChI=1S/C29H21ClN2O4/c1-17-14-18(2)16-22(15-17)32-27(33)25(30)26(28(32)34)31-21-12-10-20(11-13-21)29(35)36-24-9-5-7-19-6-3-4-8-23(19)24/h3-16,31H,1-2H3. The second-order valence-electron chi connectivity index (χ2n) is 8.55. The fourth-order valence-corrected chi connectivity index (χ4v) is 4.42. The zero-order valence-corrected chi connectivity index (χ0v) is 20.3. The van der Waals surface area contributed by atoms with Gasteiger partial charge < -0.3 is 10.1 Å². The van der Waals surface area contributed by atoms with Crippen molar-refractivity contribution in [1.29, 1.82) is 0 Å². The quantitative estimate of drug-likeness (QED) is 0.205. The van der Waals surface area contributed by atoms with Crippen molar-refractivity contribution >= 4 is 51.5 Å². The lowest BCUT2D eigenvalue weighted by Crippen LogP contribution is -2.32. The van der Waals surface area contributed by atoms with Crippen LogP contribution < -0.4 is 15.0 Å². The average molecular weight is 497 g/mol. The maximum Gasteiger partial charge on any atom is 0.343 e. The van der Waals surface area contributed by atoms with Crippen LogP contribution in [0.4, 0.5) is 11.4 Å². The smallest absolute Gasteiger partial charge is 0.343 e. The van der Waals surface area contributed by atoms with Gasteiger partial charge in [-0.1, -0.05) is 54.1 Å². The number of rotatable bonds is 5. The molecule has 0 fully saturated rings. The van der Waals surface area contributed by atoms with Crippen molar-refractivity contribution in [2.45, 2.75) is 13.8 Å². The Morgan fingerprint density at radius 2 is 1.50 bits per heavy atom. The van der Waals surface area contributed by atoms with Gasteiger partial charge in [0.15, 0.2) is 0 Å². The molecule has 0 atom stereocenters. The van der Waals surface area contributed by atoms with Crippen molar-refractivity contribution in [1.82, 2.24) is 0 Å². The van der Waals surface area contributed by atoms with Gasteiger partial charge in [-0.25, -0.2) is 9.69 Å². The summed E-state index contributed by atoms with van der Waals surface area (Å²) in [5.41, 5.74) is 3.12. The molecule has 7 heteroatoms. The zero-order chi connectivity index (χ0) is 25.4. The number of nitrogens with zero attached hydrogens (tertiary/aromatic N) is 1. The van der Waals surface area contributed by atoms with E-state index in [4.69, 9.17) is 16.3 Å². The lowest BCUT2D eigenvalue weighted by atomic mass is 10.1. The second-order valence-corrected chi connectivity index (χ2v) is 8.93. The van der Waals surface area contributed by atoms with Gasteiger partial charge >= 0.3 is 5.97 Å². The van der Waals surface area contributed by atoms with E-state index in [9.17, 15) is 14.4 Å². The van der Waals surface area contributed by atoms with Crippen molar-refractivity contribution < 1.29 is 19.1 Å². The molecule has 2 amide bonds. The number of anilines is 2. The summed E-state index contributed by atoms with van der Waals surface area (Å²) in [4.78, 5) is 39.6. The highest BCUT2D eigenvalue weighted by atomic mass is 35.5. The van der Waals surface area contributed by atoms with E-state index in [-0.39, 0.29) is 10.7 Å². The molecule has 4 aromatic carbocycles. The molecule has 0 unspecified atom stereocenters. The van der Waals surface area contributed by atoms with Gasteiger partial charge in [-0.3, -0.25) is 9.59 Å². The number of benzene rings is 4. The van der Waals surface area contributed by atoms with Crippen LogP contribution in [0.1, 0.15) is 21.5 Å². The minimum absolute atomic E-state index is 0.0214. The summed E-state index contributed by atoms with van der Waals surface area (Å²) in [6.07, 6.45) is 0. The summed E-state index contributed by atoms with van der Waals surface area (Å²) in [6.45, 7) is 3.78. The minimum Gasteiger partial charge on any atom is -0.422 e. The summed E-state index contributed by atoms with van der Waals surface area (Å²) in [6, 6.07) is 25.0. The second kappa shape index (κ2) is 9.32. The number of aryl methyl sites for hydroxylation is 2. The Morgan fingerprint density at radius 1 is 0.833 bits per heavy atom. The molecular formula is C29H21ClN2O4. The van der Waals surface area contributed by atoms with Crippen LogP contribution in [0.15, 0.2) is 95.7 Å². The summed E-state index contributed by atoms with van der Waals surface area (Å²) in [7, 11) is 0. The fraction of sp³-hybridized carbons (Fsp3) is 0.0690. The molecule has 0 spiro atoms. The average Bonchev–Trinajstić information content (AvgIpc) is 3.07. The summed E-state index contributed by atoms with van der Waals surface area (Å²) >= 11 is 6.25. The van der Waals surface area contributed by atoms with Crippen LogP contribution in [0.25, 0.3) is 10.8 Å². The predicted molar refractivity (Wildman–Crippen MR) is 140 cm³/mol. The molecule has 4 aromatic rings.